The highest BCUT2D eigenvalue weighted by Gasteiger charge is 2.19. The molecule has 5 nitrogen and oxygen atoms in total. The summed E-state index contributed by atoms with van der Waals surface area (Å²) in [5, 5.41) is 13.0. The Morgan fingerprint density at radius 3 is 2.52 bits per heavy atom. The van der Waals surface area contributed by atoms with Gasteiger partial charge in [0.15, 0.2) is 5.43 Å². The third-order valence-corrected chi connectivity index (χ3v) is 5.14. The van der Waals surface area contributed by atoms with Gasteiger partial charge in [-0.25, -0.2) is 9.18 Å². The minimum atomic E-state index is -1.04. The van der Waals surface area contributed by atoms with E-state index < -0.39 is 11.8 Å². The van der Waals surface area contributed by atoms with Crippen molar-refractivity contribution in [1.29, 1.82) is 0 Å². The topological polar surface area (TPSA) is 79.5 Å². The van der Waals surface area contributed by atoms with Crippen molar-refractivity contribution >= 4 is 22.6 Å². The molecule has 31 heavy (non-hydrogen) atoms. The summed E-state index contributed by atoms with van der Waals surface area (Å²) in [6, 6.07) is 17.2. The van der Waals surface area contributed by atoms with Gasteiger partial charge in [0.05, 0.1) is 22.6 Å². The van der Waals surface area contributed by atoms with Gasteiger partial charge in [0.2, 0.25) is 0 Å². The molecular formula is C25H20FNO4. The van der Waals surface area contributed by atoms with Crippen molar-refractivity contribution in [1.82, 2.24) is 0 Å². The Morgan fingerprint density at radius 2 is 1.77 bits per heavy atom. The molecule has 1 atom stereocenters. The average molecular weight is 417 g/mol. The van der Waals surface area contributed by atoms with Crippen molar-refractivity contribution in [2.75, 3.05) is 5.32 Å². The first kappa shape index (κ1) is 20.3. The van der Waals surface area contributed by atoms with E-state index in [4.69, 9.17) is 4.42 Å². The molecule has 0 amide bonds. The lowest BCUT2D eigenvalue weighted by atomic mass is 10.00. The molecule has 0 unspecified atom stereocenters. The second-order valence-electron chi connectivity index (χ2n) is 7.40. The Hall–Kier alpha value is -3.93. The smallest absolute Gasteiger partial charge is 0.337 e. The van der Waals surface area contributed by atoms with E-state index in [2.05, 4.69) is 5.32 Å². The fourth-order valence-electron chi connectivity index (χ4n) is 3.66. The molecule has 156 valence electrons. The molecule has 0 spiro atoms. The van der Waals surface area contributed by atoms with Crippen molar-refractivity contribution in [3.8, 4) is 11.3 Å². The molecule has 0 fully saturated rings. The minimum absolute atomic E-state index is 0.138. The normalized spacial score (nSPS) is 12.0. The lowest BCUT2D eigenvalue weighted by Crippen LogP contribution is -2.12. The zero-order valence-corrected chi connectivity index (χ0v) is 17.0. The van der Waals surface area contributed by atoms with E-state index in [9.17, 15) is 19.1 Å². The molecule has 4 aromatic rings. The van der Waals surface area contributed by atoms with Crippen LogP contribution in [0.15, 0.2) is 75.9 Å². The van der Waals surface area contributed by atoms with Gasteiger partial charge < -0.3 is 14.8 Å². The Bertz CT molecular complexity index is 1360. The van der Waals surface area contributed by atoms with Gasteiger partial charge in [-0.2, -0.15) is 0 Å². The number of carboxylic acids is 1. The van der Waals surface area contributed by atoms with Gasteiger partial charge >= 0.3 is 5.97 Å². The van der Waals surface area contributed by atoms with Gasteiger partial charge in [0.25, 0.3) is 0 Å². The van der Waals surface area contributed by atoms with Gasteiger partial charge in [0.1, 0.15) is 17.2 Å². The highest BCUT2D eigenvalue weighted by molar-refractivity contribution is 5.94. The summed E-state index contributed by atoms with van der Waals surface area (Å²) in [5.74, 6) is -1.39. The highest BCUT2D eigenvalue weighted by Crippen LogP contribution is 2.31. The van der Waals surface area contributed by atoms with Crippen LogP contribution in [0.4, 0.5) is 10.1 Å². The first-order chi connectivity index (χ1) is 14.8. The predicted molar refractivity (Wildman–Crippen MR) is 118 cm³/mol. The number of benzene rings is 3. The molecule has 0 radical (unpaired) electrons. The Morgan fingerprint density at radius 1 is 1.06 bits per heavy atom. The number of aryl methyl sites for hydroxylation is 1. The second kappa shape index (κ2) is 8.07. The zero-order valence-electron chi connectivity index (χ0n) is 17.0. The SMILES string of the molecule is Cc1cc([C@@H](C)Nc2ccccc2C(=O)O)c2oc(-c3ccccc3F)cc(=O)c2c1. The van der Waals surface area contributed by atoms with Crippen molar-refractivity contribution in [3.05, 3.63) is 99.5 Å². The molecule has 6 heteroatoms. The summed E-state index contributed by atoms with van der Waals surface area (Å²) in [6.07, 6.45) is 0. The number of carbonyl (C=O) groups is 1. The fraction of sp³-hybridized carbons (Fsp3) is 0.120. The fourth-order valence-corrected chi connectivity index (χ4v) is 3.66. The van der Waals surface area contributed by atoms with Gasteiger partial charge in [-0.15, -0.1) is 0 Å². The number of hydrogen-bond acceptors (Lipinski definition) is 4. The second-order valence-corrected chi connectivity index (χ2v) is 7.40. The van der Waals surface area contributed by atoms with E-state index in [1.165, 1.54) is 18.2 Å². The summed E-state index contributed by atoms with van der Waals surface area (Å²) < 4.78 is 20.3. The molecule has 4 rings (SSSR count). The Labute approximate surface area is 177 Å². The van der Waals surface area contributed by atoms with Crippen molar-refractivity contribution in [2.45, 2.75) is 19.9 Å². The van der Waals surface area contributed by atoms with Crippen LogP contribution in [-0.4, -0.2) is 11.1 Å². The third-order valence-electron chi connectivity index (χ3n) is 5.14. The van der Waals surface area contributed by atoms with Crippen LogP contribution in [-0.2, 0) is 0 Å². The Kier molecular flexibility index (Phi) is 5.29. The molecule has 3 aromatic carbocycles. The number of para-hydroxylation sites is 1. The summed E-state index contributed by atoms with van der Waals surface area (Å²) in [7, 11) is 0. The van der Waals surface area contributed by atoms with Crippen LogP contribution < -0.4 is 10.7 Å². The largest absolute Gasteiger partial charge is 0.478 e. The maximum atomic E-state index is 14.3. The van der Waals surface area contributed by atoms with Crippen LogP contribution in [0, 0.1) is 12.7 Å². The zero-order chi connectivity index (χ0) is 22.1. The van der Waals surface area contributed by atoms with Crippen LogP contribution in [0.3, 0.4) is 0 Å². The number of nitrogens with one attached hydrogen (secondary N) is 1. The van der Waals surface area contributed by atoms with E-state index in [-0.39, 0.29) is 28.4 Å². The van der Waals surface area contributed by atoms with E-state index in [1.54, 1.807) is 42.5 Å². The molecule has 0 aliphatic heterocycles. The molecule has 1 heterocycles. The first-order valence-corrected chi connectivity index (χ1v) is 9.77. The monoisotopic (exact) mass is 417 g/mol. The van der Waals surface area contributed by atoms with E-state index in [0.717, 1.165) is 5.56 Å². The standard InChI is InChI=1S/C25H20FNO4/c1-14-11-18(15(2)27-21-10-6-4-8-17(21)25(29)30)24-19(12-14)22(28)13-23(31-24)16-7-3-5-9-20(16)26/h3-13,15,27H,1-2H3,(H,29,30)/t15-/m1/s1. The van der Waals surface area contributed by atoms with Crippen molar-refractivity contribution in [3.63, 3.8) is 0 Å². The van der Waals surface area contributed by atoms with Crippen LogP contribution in [0.25, 0.3) is 22.3 Å². The molecule has 0 aliphatic carbocycles. The van der Waals surface area contributed by atoms with E-state index in [0.29, 0.717) is 22.2 Å². The minimum Gasteiger partial charge on any atom is -0.478 e. The van der Waals surface area contributed by atoms with Crippen molar-refractivity contribution < 1.29 is 18.7 Å². The maximum Gasteiger partial charge on any atom is 0.337 e. The molecule has 0 aliphatic rings. The quantitative estimate of drug-likeness (QED) is 0.430. The number of halogens is 1. The van der Waals surface area contributed by atoms with Gasteiger partial charge in [-0.3, -0.25) is 4.79 Å². The van der Waals surface area contributed by atoms with E-state index >= 15 is 0 Å². The predicted octanol–water partition coefficient (Wildman–Crippen LogP) is 5.78. The number of hydrogen-bond donors (Lipinski definition) is 2. The average Bonchev–Trinajstić information content (AvgIpc) is 2.74. The number of anilines is 1. The lowest BCUT2D eigenvalue weighted by molar-refractivity contribution is 0.0698. The van der Waals surface area contributed by atoms with Crippen LogP contribution in [0.5, 0.6) is 0 Å². The number of aromatic carboxylic acids is 1. The number of carboxylic acid groups (broad SMARTS) is 1. The number of rotatable bonds is 5. The lowest BCUT2D eigenvalue weighted by Gasteiger charge is -2.19. The molecular weight excluding hydrogens is 397 g/mol. The molecule has 0 bridgehead atoms. The highest BCUT2D eigenvalue weighted by atomic mass is 19.1. The molecule has 0 saturated carbocycles. The third kappa shape index (κ3) is 3.92. The summed E-state index contributed by atoms with van der Waals surface area (Å²) in [4.78, 5) is 24.4. The van der Waals surface area contributed by atoms with Gasteiger partial charge in [0, 0.05) is 17.3 Å². The Balaban J connectivity index is 1.87. The molecule has 0 saturated heterocycles. The maximum absolute atomic E-state index is 14.3. The van der Waals surface area contributed by atoms with Gasteiger partial charge in [-0.05, 0) is 49.7 Å². The first-order valence-electron chi connectivity index (χ1n) is 9.77. The van der Waals surface area contributed by atoms with Crippen LogP contribution in [0.1, 0.15) is 34.5 Å². The molecule has 1 aromatic heterocycles. The molecule has 2 N–H and O–H groups in total. The summed E-state index contributed by atoms with van der Waals surface area (Å²) in [6.45, 7) is 3.72. The van der Waals surface area contributed by atoms with Crippen molar-refractivity contribution in [2.24, 2.45) is 0 Å². The summed E-state index contributed by atoms with van der Waals surface area (Å²) in [5.41, 5.74) is 2.38. The van der Waals surface area contributed by atoms with Gasteiger partial charge in [-0.1, -0.05) is 30.3 Å². The van der Waals surface area contributed by atoms with Crippen LogP contribution >= 0.6 is 0 Å². The number of fused-ring (bicyclic) bond motifs is 1. The summed E-state index contributed by atoms with van der Waals surface area (Å²) >= 11 is 0. The van der Waals surface area contributed by atoms with Crippen LogP contribution in [0.2, 0.25) is 0 Å². The van der Waals surface area contributed by atoms with E-state index in [1.807, 2.05) is 19.9 Å².